The van der Waals surface area contributed by atoms with Gasteiger partial charge in [0.25, 0.3) is 0 Å². The van der Waals surface area contributed by atoms with E-state index in [1.165, 1.54) is 12.1 Å². The number of carboxylic acids is 1. The van der Waals surface area contributed by atoms with Crippen molar-refractivity contribution in [1.29, 1.82) is 0 Å². The Morgan fingerprint density at radius 2 is 1.81 bits per heavy atom. The molecule has 116 valence electrons. The maximum Gasteiger partial charge on any atom is 0.573 e. The number of ether oxygens (including phenoxy) is 1. The first-order valence-corrected chi connectivity index (χ1v) is 6.93. The topological polar surface area (TPSA) is 46.5 Å². The molecule has 0 unspecified atom stereocenters. The average Bonchev–Trinajstić information content (AvgIpc) is 2.88. The van der Waals surface area contributed by atoms with Crippen LogP contribution in [-0.4, -0.2) is 17.4 Å². The van der Waals surface area contributed by atoms with Crippen LogP contribution < -0.4 is 4.74 Å². The number of rotatable bonds is 5. The molecule has 3 nitrogen and oxygen atoms in total. The van der Waals surface area contributed by atoms with Gasteiger partial charge in [0.05, 0.1) is 5.92 Å². The third-order valence-corrected chi connectivity index (χ3v) is 3.86. The molecule has 0 bridgehead atoms. The van der Waals surface area contributed by atoms with Gasteiger partial charge >= 0.3 is 12.3 Å². The van der Waals surface area contributed by atoms with E-state index in [9.17, 15) is 23.1 Å². The minimum Gasteiger partial charge on any atom is -0.481 e. The van der Waals surface area contributed by atoms with Gasteiger partial charge in [-0.1, -0.05) is 37.8 Å². The largest absolute Gasteiger partial charge is 0.573 e. The molecule has 1 aromatic rings. The highest BCUT2D eigenvalue weighted by Gasteiger charge is 2.31. The monoisotopic (exact) mass is 302 g/mol. The zero-order valence-electron chi connectivity index (χ0n) is 11.4. The highest BCUT2D eigenvalue weighted by Crippen LogP contribution is 2.35. The molecule has 1 aliphatic rings. The lowest BCUT2D eigenvalue weighted by Gasteiger charge is -2.17. The zero-order valence-corrected chi connectivity index (χ0v) is 11.4. The molecule has 0 aliphatic heterocycles. The van der Waals surface area contributed by atoms with Crippen molar-refractivity contribution in [2.75, 3.05) is 0 Å². The molecule has 0 aromatic heterocycles. The van der Waals surface area contributed by atoms with Crippen LogP contribution in [0, 0.1) is 5.92 Å². The Balaban J connectivity index is 2.07. The number of halogens is 3. The summed E-state index contributed by atoms with van der Waals surface area (Å²) in [5.41, 5.74) is 0.518. The van der Waals surface area contributed by atoms with Gasteiger partial charge in [-0.25, -0.2) is 0 Å². The van der Waals surface area contributed by atoms with Crippen molar-refractivity contribution in [2.45, 2.75) is 44.4 Å². The van der Waals surface area contributed by atoms with Crippen LogP contribution in [0.25, 0.3) is 0 Å². The highest BCUT2D eigenvalue weighted by atomic mass is 19.4. The summed E-state index contributed by atoms with van der Waals surface area (Å²) in [4.78, 5) is 11.4. The maximum atomic E-state index is 12.1. The number of alkyl halides is 3. The summed E-state index contributed by atoms with van der Waals surface area (Å²) in [7, 11) is 0. The molecular formula is C15H17F3O3. The Labute approximate surface area is 120 Å². The van der Waals surface area contributed by atoms with Crippen molar-refractivity contribution >= 4 is 5.97 Å². The number of carboxylic acid groups (broad SMARTS) is 1. The molecule has 0 spiro atoms. The fourth-order valence-electron chi connectivity index (χ4n) is 2.86. The second kappa shape index (κ2) is 6.37. The van der Waals surface area contributed by atoms with E-state index in [1.54, 1.807) is 0 Å². The maximum absolute atomic E-state index is 12.1. The predicted molar refractivity (Wildman–Crippen MR) is 70.1 cm³/mol. The number of benzene rings is 1. The predicted octanol–water partition coefficient (Wildman–Crippen LogP) is 4.33. The number of carbonyl (C=O) groups is 1. The SMILES string of the molecule is O=C(O)[C@@H](CC1CCCC1)c1ccc(OC(F)(F)F)cc1. The fourth-order valence-corrected chi connectivity index (χ4v) is 2.86. The molecule has 1 aromatic carbocycles. The standard InChI is InChI=1S/C15H17F3O3/c16-15(17,18)21-12-7-5-11(6-8-12)13(14(19)20)9-10-3-1-2-4-10/h5-8,10,13H,1-4,9H2,(H,19,20)/t13-/m0/s1. The number of hydrogen-bond donors (Lipinski definition) is 1. The van der Waals surface area contributed by atoms with Gasteiger partial charge in [-0.3, -0.25) is 4.79 Å². The lowest BCUT2D eigenvalue weighted by molar-refractivity contribution is -0.274. The molecule has 0 amide bonds. The van der Waals surface area contributed by atoms with Gasteiger partial charge in [0.15, 0.2) is 0 Å². The highest BCUT2D eigenvalue weighted by molar-refractivity contribution is 5.76. The van der Waals surface area contributed by atoms with E-state index in [1.807, 2.05) is 0 Å². The van der Waals surface area contributed by atoms with E-state index in [2.05, 4.69) is 4.74 Å². The van der Waals surface area contributed by atoms with Crippen LogP contribution in [0.5, 0.6) is 5.75 Å². The van der Waals surface area contributed by atoms with Gasteiger partial charge < -0.3 is 9.84 Å². The van der Waals surface area contributed by atoms with E-state index < -0.39 is 18.2 Å². The average molecular weight is 302 g/mol. The van der Waals surface area contributed by atoms with Gasteiger partial charge in [0.1, 0.15) is 5.75 Å². The number of aliphatic carboxylic acids is 1. The Hall–Kier alpha value is -1.72. The molecule has 21 heavy (non-hydrogen) atoms. The normalized spacial score (nSPS) is 17.7. The molecular weight excluding hydrogens is 285 g/mol. The van der Waals surface area contributed by atoms with Crippen LogP contribution in [0.15, 0.2) is 24.3 Å². The van der Waals surface area contributed by atoms with E-state index >= 15 is 0 Å². The quantitative estimate of drug-likeness (QED) is 0.880. The summed E-state index contributed by atoms with van der Waals surface area (Å²) in [5.74, 6) is -1.56. The van der Waals surface area contributed by atoms with E-state index in [0.717, 1.165) is 37.8 Å². The van der Waals surface area contributed by atoms with Crippen molar-refractivity contribution < 1.29 is 27.8 Å². The minimum absolute atomic E-state index is 0.337. The summed E-state index contributed by atoms with van der Waals surface area (Å²) in [5, 5.41) is 9.33. The van der Waals surface area contributed by atoms with E-state index in [-0.39, 0.29) is 5.75 Å². The molecule has 1 aliphatic carbocycles. The molecule has 1 saturated carbocycles. The lowest BCUT2D eigenvalue weighted by Crippen LogP contribution is -2.17. The van der Waals surface area contributed by atoms with E-state index in [4.69, 9.17) is 0 Å². The van der Waals surface area contributed by atoms with E-state index in [0.29, 0.717) is 17.9 Å². The zero-order chi connectivity index (χ0) is 15.5. The lowest BCUT2D eigenvalue weighted by atomic mass is 9.88. The van der Waals surface area contributed by atoms with Crippen LogP contribution in [0.1, 0.15) is 43.6 Å². The summed E-state index contributed by atoms with van der Waals surface area (Å²) in [6, 6.07) is 5.12. The Bertz CT molecular complexity index is 476. The molecule has 1 atom stereocenters. The van der Waals surface area contributed by atoms with Crippen molar-refractivity contribution in [2.24, 2.45) is 5.92 Å². The first-order chi connectivity index (χ1) is 9.85. The van der Waals surface area contributed by atoms with Gasteiger partial charge in [-0.05, 0) is 30.0 Å². The van der Waals surface area contributed by atoms with Crippen LogP contribution >= 0.6 is 0 Å². The smallest absolute Gasteiger partial charge is 0.481 e. The fraction of sp³-hybridized carbons (Fsp3) is 0.533. The van der Waals surface area contributed by atoms with Crippen LogP contribution in [0.3, 0.4) is 0 Å². The second-order valence-electron chi connectivity index (χ2n) is 5.39. The molecule has 1 fully saturated rings. The Morgan fingerprint density at radius 1 is 1.24 bits per heavy atom. The van der Waals surface area contributed by atoms with Crippen LogP contribution in [0.2, 0.25) is 0 Å². The molecule has 0 saturated heterocycles. The van der Waals surface area contributed by atoms with Crippen molar-refractivity contribution in [3.63, 3.8) is 0 Å². The first kappa shape index (κ1) is 15.7. The molecule has 2 rings (SSSR count). The Kier molecular flexibility index (Phi) is 4.75. The summed E-state index contributed by atoms with van der Waals surface area (Å²) in [6.45, 7) is 0. The minimum atomic E-state index is -4.74. The number of hydrogen-bond acceptors (Lipinski definition) is 2. The first-order valence-electron chi connectivity index (χ1n) is 6.93. The Morgan fingerprint density at radius 3 is 2.29 bits per heavy atom. The molecule has 0 radical (unpaired) electrons. The third kappa shape index (κ3) is 4.65. The molecule has 1 N–H and O–H groups in total. The third-order valence-electron chi connectivity index (χ3n) is 3.86. The van der Waals surface area contributed by atoms with Crippen molar-refractivity contribution in [3.05, 3.63) is 29.8 Å². The van der Waals surface area contributed by atoms with Gasteiger partial charge in [0.2, 0.25) is 0 Å². The summed E-state index contributed by atoms with van der Waals surface area (Å²) >= 11 is 0. The summed E-state index contributed by atoms with van der Waals surface area (Å²) in [6.07, 6.45) is 0.0925. The summed E-state index contributed by atoms with van der Waals surface area (Å²) < 4.78 is 40.0. The molecule has 0 heterocycles. The van der Waals surface area contributed by atoms with Crippen molar-refractivity contribution in [3.8, 4) is 5.75 Å². The van der Waals surface area contributed by atoms with Crippen LogP contribution in [0.4, 0.5) is 13.2 Å². The van der Waals surface area contributed by atoms with Crippen LogP contribution in [-0.2, 0) is 4.79 Å². The second-order valence-corrected chi connectivity index (χ2v) is 5.39. The van der Waals surface area contributed by atoms with Gasteiger partial charge in [-0.15, -0.1) is 13.2 Å². The van der Waals surface area contributed by atoms with Gasteiger partial charge in [0, 0.05) is 0 Å². The van der Waals surface area contributed by atoms with Crippen molar-refractivity contribution in [1.82, 2.24) is 0 Å². The van der Waals surface area contributed by atoms with Gasteiger partial charge in [-0.2, -0.15) is 0 Å². The molecule has 6 heteroatoms.